The highest BCUT2D eigenvalue weighted by Crippen LogP contribution is 2.17. The van der Waals surface area contributed by atoms with Crippen molar-refractivity contribution in [3.8, 4) is 5.75 Å². The van der Waals surface area contributed by atoms with Gasteiger partial charge in [0, 0.05) is 17.6 Å². The van der Waals surface area contributed by atoms with Crippen molar-refractivity contribution in [1.82, 2.24) is 5.32 Å². The first-order valence-corrected chi connectivity index (χ1v) is 5.75. The number of ether oxygens (including phenoxy) is 1. The topological polar surface area (TPSA) is 41.5 Å². The van der Waals surface area contributed by atoms with Crippen LogP contribution in [0.3, 0.4) is 0 Å². The molecule has 0 saturated carbocycles. The van der Waals surface area contributed by atoms with Gasteiger partial charge in [-0.3, -0.25) is 0 Å². The Bertz CT molecular complexity index is 292. The van der Waals surface area contributed by atoms with Crippen molar-refractivity contribution >= 4 is 15.9 Å². The van der Waals surface area contributed by atoms with Crippen LogP contribution < -0.4 is 10.1 Å². The van der Waals surface area contributed by atoms with E-state index in [-0.39, 0.29) is 6.10 Å². The zero-order chi connectivity index (χ0) is 11.1. The molecule has 0 heterocycles. The molecule has 0 bridgehead atoms. The number of halogens is 1. The van der Waals surface area contributed by atoms with E-state index in [1.807, 2.05) is 24.3 Å². The van der Waals surface area contributed by atoms with Gasteiger partial charge in [-0.1, -0.05) is 22.0 Å². The maximum absolute atomic E-state index is 9.00. The number of rotatable bonds is 6. The second-order valence-electron chi connectivity index (χ2n) is 3.36. The van der Waals surface area contributed by atoms with Crippen molar-refractivity contribution in [2.75, 3.05) is 19.7 Å². The molecule has 84 valence electrons. The lowest BCUT2D eigenvalue weighted by Gasteiger charge is -2.08. The fourth-order valence-electron chi connectivity index (χ4n) is 1.11. The van der Waals surface area contributed by atoms with Crippen molar-refractivity contribution in [3.63, 3.8) is 0 Å². The summed E-state index contributed by atoms with van der Waals surface area (Å²) in [6.07, 6.45) is -0.309. The standard InChI is InChI=1S/C11H16BrNO2/c1-9(14)8-13-5-6-15-11-4-2-3-10(12)7-11/h2-4,7,9,13-14H,5-6,8H2,1H3. The Morgan fingerprint density at radius 1 is 1.53 bits per heavy atom. The summed E-state index contributed by atoms with van der Waals surface area (Å²) in [6.45, 7) is 3.69. The highest BCUT2D eigenvalue weighted by atomic mass is 79.9. The second-order valence-corrected chi connectivity index (χ2v) is 4.27. The summed E-state index contributed by atoms with van der Waals surface area (Å²) in [5.74, 6) is 0.850. The van der Waals surface area contributed by atoms with E-state index in [4.69, 9.17) is 9.84 Å². The van der Waals surface area contributed by atoms with Crippen molar-refractivity contribution in [3.05, 3.63) is 28.7 Å². The molecule has 0 radical (unpaired) electrons. The number of aliphatic hydroxyl groups is 1. The Morgan fingerprint density at radius 3 is 3.00 bits per heavy atom. The predicted octanol–water partition coefficient (Wildman–Crippen LogP) is 1.80. The van der Waals surface area contributed by atoms with Gasteiger partial charge in [-0.05, 0) is 25.1 Å². The van der Waals surface area contributed by atoms with Crippen LogP contribution in [0.2, 0.25) is 0 Å². The Labute approximate surface area is 98.6 Å². The molecular formula is C11H16BrNO2. The van der Waals surface area contributed by atoms with E-state index in [0.717, 1.165) is 16.8 Å². The Morgan fingerprint density at radius 2 is 2.33 bits per heavy atom. The normalized spacial score (nSPS) is 12.5. The van der Waals surface area contributed by atoms with Gasteiger partial charge < -0.3 is 15.2 Å². The fraction of sp³-hybridized carbons (Fsp3) is 0.455. The maximum atomic E-state index is 9.00. The summed E-state index contributed by atoms with van der Waals surface area (Å²) in [7, 11) is 0. The van der Waals surface area contributed by atoms with Crippen LogP contribution in [-0.2, 0) is 0 Å². The molecule has 1 atom stereocenters. The quantitative estimate of drug-likeness (QED) is 0.777. The van der Waals surface area contributed by atoms with Gasteiger partial charge in [0.05, 0.1) is 6.10 Å². The summed E-state index contributed by atoms with van der Waals surface area (Å²) >= 11 is 3.38. The van der Waals surface area contributed by atoms with Gasteiger partial charge in [0.1, 0.15) is 12.4 Å². The molecule has 1 unspecified atom stereocenters. The van der Waals surface area contributed by atoms with Gasteiger partial charge in [0.15, 0.2) is 0 Å². The molecule has 0 fully saturated rings. The number of aliphatic hydroxyl groups excluding tert-OH is 1. The summed E-state index contributed by atoms with van der Waals surface area (Å²) in [5.41, 5.74) is 0. The highest BCUT2D eigenvalue weighted by Gasteiger charge is 1.96. The number of hydrogen-bond donors (Lipinski definition) is 2. The molecule has 1 rings (SSSR count). The maximum Gasteiger partial charge on any atom is 0.120 e. The molecule has 0 aliphatic heterocycles. The van der Waals surface area contributed by atoms with E-state index >= 15 is 0 Å². The third kappa shape index (κ3) is 5.77. The minimum Gasteiger partial charge on any atom is -0.492 e. The van der Waals surface area contributed by atoms with Gasteiger partial charge in [-0.15, -0.1) is 0 Å². The molecule has 1 aromatic rings. The number of nitrogens with one attached hydrogen (secondary N) is 1. The lowest BCUT2D eigenvalue weighted by atomic mass is 10.3. The molecular weight excluding hydrogens is 258 g/mol. The Balaban J connectivity index is 2.15. The van der Waals surface area contributed by atoms with Crippen molar-refractivity contribution in [1.29, 1.82) is 0 Å². The van der Waals surface area contributed by atoms with Crippen molar-refractivity contribution in [2.45, 2.75) is 13.0 Å². The third-order valence-corrected chi connectivity index (χ3v) is 2.28. The Kier molecular flexibility index (Phi) is 5.68. The van der Waals surface area contributed by atoms with Gasteiger partial charge in [-0.25, -0.2) is 0 Å². The SMILES string of the molecule is CC(O)CNCCOc1cccc(Br)c1. The number of hydrogen-bond acceptors (Lipinski definition) is 3. The van der Waals surface area contributed by atoms with Crippen LogP contribution in [0.15, 0.2) is 28.7 Å². The second kappa shape index (κ2) is 6.82. The molecule has 0 saturated heterocycles. The van der Waals surface area contributed by atoms with Crippen LogP contribution in [0.25, 0.3) is 0 Å². The van der Waals surface area contributed by atoms with Crippen molar-refractivity contribution < 1.29 is 9.84 Å². The van der Waals surface area contributed by atoms with Gasteiger partial charge in [0.25, 0.3) is 0 Å². The van der Waals surface area contributed by atoms with Crippen LogP contribution in [-0.4, -0.2) is 30.9 Å². The molecule has 3 nitrogen and oxygen atoms in total. The summed E-state index contributed by atoms with van der Waals surface area (Å²) in [4.78, 5) is 0. The molecule has 0 aromatic heterocycles. The van der Waals surface area contributed by atoms with Gasteiger partial charge in [0.2, 0.25) is 0 Å². The summed E-state index contributed by atoms with van der Waals surface area (Å²) < 4.78 is 6.51. The average molecular weight is 274 g/mol. The van der Waals surface area contributed by atoms with Crippen LogP contribution in [0.4, 0.5) is 0 Å². The molecule has 2 N–H and O–H groups in total. The van der Waals surface area contributed by atoms with Crippen LogP contribution in [0.5, 0.6) is 5.75 Å². The van der Waals surface area contributed by atoms with Crippen molar-refractivity contribution in [2.24, 2.45) is 0 Å². The Hall–Kier alpha value is -0.580. The monoisotopic (exact) mass is 273 g/mol. The predicted molar refractivity (Wildman–Crippen MR) is 64.2 cm³/mol. The lowest BCUT2D eigenvalue weighted by Crippen LogP contribution is -2.28. The van der Waals surface area contributed by atoms with Crippen LogP contribution >= 0.6 is 15.9 Å². The van der Waals surface area contributed by atoms with E-state index in [1.54, 1.807) is 6.92 Å². The number of benzene rings is 1. The fourth-order valence-corrected chi connectivity index (χ4v) is 1.49. The molecule has 4 heteroatoms. The van der Waals surface area contributed by atoms with E-state index in [0.29, 0.717) is 13.2 Å². The van der Waals surface area contributed by atoms with E-state index in [2.05, 4.69) is 21.2 Å². The summed E-state index contributed by atoms with van der Waals surface area (Å²) in [5, 5.41) is 12.1. The molecule has 15 heavy (non-hydrogen) atoms. The van der Waals surface area contributed by atoms with E-state index < -0.39 is 0 Å². The first-order chi connectivity index (χ1) is 7.18. The summed E-state index contributed by atoms with van der Waals surface area (Å²) in [6, 6.07) is 7.73. The highest BCUT2D eigenvalue weighted by molar-refractivity contribution is 9.10. The van der Waals surface area contributed by atoms with Crippen LogP contribution in [0, 0.1) is 0 Å². The van der Waals surface area contributed by atoms with E-state index in [9.17, 15) is 0 Å². The zero-order valence-corrected chi connectivity index (χ0v) is 10.3. The molecule has 0 aliphatic rings. The first kappa shape index (κ1) is 12.5. The minimum atomic E-state index is -0.309. The van der Waals surface area contributed by atoms with Gasteiger partial charge in [-0.2, -0.15) is 0 Å². The third-order valence-electron chi connectivity index (χ3n) is 1.78. The lowest BCUT2D eigenvalue weighted by molar-refractivity contribution is 0.188. The molecule has 0 spiro atoms. The zero-order valence-electron chi connectivity index (χ0n) is 8.74. The molecule has 1 aromatic carbocycles. The van der Waals surface area contributed by atoms with E-state index in [1.165, 1.54) is 0 Å². The van der Waals surface area contributed by atoms with Gasteiger partial charge >= 0.3 is 0 Å². The largest absolute Gasteiger partial charge is 0.492 e. The molecule has 0 amide bonds. The first-order valence-electron chi connectivity index (χ1n) is 4.95. The van der Waals surface area contributed by atoms with Crippen LogP contribution in [0.1, 0.15) is 6.92 Å². The molecule has 0 aliphatic carbocycles. The minimum absolute atomic E-state index is 0.309. The average Bonchev–Trinajstić information content (AvgIpc) is 2.17. The smallest absolute Gasteiger partial charge is 0.120 e.